The molecule has 0 saturated heterocycles. The minimum absolute atomic E-state index is 0.817. The molecule has 0 aromatic carbocycles. The van der Waals surface area contributed by atoms with Crippen molar-refractivity contribution < 1.29 is 0 Å². The van der Waals surface area contributed by atoms with E-state index in [9.17, 15) is 0 Å². The molecule has 2 aliphatic carbocycles. The van der Waals surface area contributed by atoms with E-state index >= 15 is 0 Å². The van der Waals surface area contributed by atoms with E-state index in [0.29, 0.717) is 0 Å². The molecule has 0 aliphatic heterocycles. The molecule has 0 bridgehead atoms. The van der Waals surface area contributed by atoms with Gasteiger partial charge in [-0.3, -0.25) is 0 Å². The normalized spacial score (nSPS) is 35.1. The van der Waals surface area contributed by atoms with E-state index in [1.807, 2.05) is 13.8 Å². The van der Waals surface area contributed by atoms with E-state index in [-0.39, 0.29) is 0 Å². The highest BCUT2D eigenvalue weighted by Crippen LogP contribution is 2.53. The Bertz CT molecular complexity index is 141. The van der Waals surface area contributed by atoms with Crippen molar-refractivity contribution in [1.82, 2.24) is 0 Å². The highest BCUT2D eigenvalue weighted by Gasteiger charge is 2.41. The summed E-state index contributed by atoms with van der Waals surface area (Å²) in [6.07, 6.45) is 10.7. The first-order valence-electron chi connectivity index (χ1n) is 6.72. The van der Waals surface area contributed by atoms with Crippen LogP contribution < -0.4 is 0 Å². The lowest BCUT2D eigenvalue weighted by molar-refractivity contribution is 0.187. The van der Waals surface area contributed by atoms with Crippen LogP contribution in [-0.2, 0) is 0 Å². The van der Waals surface area contributed by atoms with Crippen LogP contribution in [-0.4, -0.2) is 0 Å². The Balaban J connectivity index is 0.000000461. The van der Waals surface area contributed by atoms with E-state index < -0.39 is 0 Å². The van der Waals surface area contributed by atoms with Gasteiger partial charge in [0.2, 0.25) is 0 Å². The molecule has 2 rings (SSSR count). The van der Waals surface area contributed by atoms with Gasteiger partial charge in [-0.15, -0.1) is 0 Å². The van der Waals surface area contributed by atoms with Gasteiger partial charge in [0, 0.05) is 0 Å². The standard InChI is InChI=1S/C12H22.C2H6/c1-10-8-12(9-11(10)2)6-4-3-5-7-12;1-2/h10-11H,3-9H2,1-2H3;1-2H3. The Labute approximate surface area is 90.5 Å². The van der Waals surface area contributed by atoms with Gasteiger partial charge in [0.25, 0.3) is 0 Å². The Morgan fingerprint density at radius 3 is 1.64 bits per heavy atom. The molecule has 2 aliphatic rings. The number of hydrogen-bond acceptors (Lipinski definition) is 0. The van der Waals surface area contributed by atoms with E-state index in [2.05, 4.69) is 13.8 Å². The zero-order valence-corrected chi connectivity index (χ0v) is 10.6. The van der Waals surface area contributed by atoms with Crippen LogP contribution in [0.25, 0.3) is 0 Å². The van der Waals surface area contributed by atoms with Gasteiger partial charge in [-0.1, -0.05) is 47.0 Å². The first-order chi connectivity index (χ1) is 6.72. The molecule has 0 aromatic rings. The summed E-state index contributed by atoms with van der Waals surface area (Å²) in [6.45, 7) is 8.90. The van der Waals surface area contributed by atoms with Crippen molar-refractivity contribution in [2.75, 3.05) is 0 Å². The number of hydrogen-bond donors (Lipinski definition) is 0. The van der Waals surface area contributed by atoms with Gasteiger partial charge in [-0.25, -0.2) is 0 Å². The minimum Gasteiger partial charge on any atom is -0.0683 e. The minimum atomic E-state index is 0.817. The SMILES string of the molecule is CC.CC1CC2(CCCCC2)CC1C. The zero-order valence-electron chi connectivity index (χ0n) is 10.6. The van der Waals surface area contributed by atoms with Crippen molar-refractivity contribution >= 4 is 0 Å². The third kappa shape index (κ3) is 2.52. The molecule has 2 atom stereocenters. The van der Waals surface area contributed by atoms with Gasteiger partial charge in [0.1, 0.15) is 0 Å². The van der Waals surface area contributed by atoms with Crippen LogP contribution in [0.1, 0.15) is 72.6 Å². The Kier molecular flexibility index (Phi) is 4.47. The summed E-state index contributed by atoms with van der Waals surface area (Å²) >= 11 is 0. The summed E-state index contributed by atoms with van der Waals surface area (Å²) in [5.74, 6) is 2.01. The quantitative estimate of drug-likeness (QED) is 0.510. The fraction of sp³-hybridized carbons (Fsp3) is 1.00. The van der Waals surface area contributed by atoms with Crippen molar-refractivity contribution in [2.24, 2.45) is 17.3 Å². The Morgan fingerprint density at radius 1 is 0.786 bits per heavy atom. The molecule has 1 spiro atoms. The maximum Gasteiger partial charge on any atom is -0.0292 e. The summed E-state index contributed by atoms with van der Waals surface area (Å²) in [7, 11) is 0. The molecule has 2 fully saturated rings. The van der Waals surface area contributed by atoms with Crippen LogP contribution in [0, 0.1) is 17.3 Å². The summed E-state index contributed by atoms with van der Waals surface area (Å²) in [4.78, 5) is 0. The van der Waals surface area contributed by atoms with E-state index in [1.165, 1.54) is 32.1 Å². The summed E-state index contributed by atoms with van der Waals surface area (Å²) in [5, 5.41) is 0. The van der Waals surface area contributed by atoms with E-state index in [1.54, 1.807) is 12.8 Å². The molecule has 2 unspecified atom stereocenters. The molecule has 0 N–H and O–H groups in total. The molecule has 0 heterocycles. The van der Waals surface area contributed by atoms with Crippen molar-refractivity contribution in [3.8, 4) is 0 Å². The second-order valence-corrected chi connectivity index (χ2v) is 5.42. The summed E-state index contributed by atoms with van der Waals surface area (Å²) in [5.41, 5.74) is 0.817. The van der Waals surface area contributed by atoms with Crippen LogP contribution in [0.3, 0.4) is 0 Å². The topological polar surface area (TPSA) is 0 Å². The first-order valence-corrected chi connectivity index (χ1v) is 6.72. The average Bonchev–Trinajstić information content (AvgIpc) is 2.46. The molecular weight excluding hydrogens is 168 g/mol. The number of rotatable bonds is 0. The lowest BCUT2D eigenvalue weighted by atomic mass is 9.72. The molecule has 0 amide bonds. The molecule has 84 valence electrons. The highest BCUT2D eigenvalue weighted by molar-refractivity contribution is 4.92. The van der Waals surface area contributed by atoms with Crippen molar-refractivity contribution in [3.05, 3.63) is 0 Å². The molecule has 0 heteroatoms. The van der Waals surface area contributed by atoms with Crippen LogP contribution in [0.5, 0.6) is 0 Å². The molecule has 0 nitrogen and oxygen atoms in total. The second-order valence-electron chi connectivity index (χ2n) is 5.42. The highest BCUT2D eigenvalue weighted by atomic mass is 14.5. The van der Waals surface area contributed by atoms with Crippen molar-refractivity contribution in [1.29, 1.82) is 0 Å². The lowest BCUT2D eigenvalue weighted by Crippen LogP contribution is -2.20. The second kappa shape index (κ2) is 5.19. The third-order valence-corrected chi connectivity index (χ3v) is 4.40. The molecule has 14 heavy (non-hydrogen) atoms. The fourth-order valence-electron chi connectivity index (χ4n) is 3.56. The molecule has 0 aromatic heterocycles. The average molecular weight is 196 g/mol. The van der Waals surface area contributed by atoms with Gasteiger partial charge in [0.05, 0.1) is 0 Å². The Hall–Kier alpha value is 0. The largest absolute Gasteiger partial charge is 0.0683 e. The maximum atomic E-state index is 2.45. The predicted molar refractivity (Wildman–Crippen MR) is 64.4 cm³/mol. The first kappa shape index (κ1) is 12.1. The van der Waals surface area contributed by atoms with E-state index in [4.69, 9.17) is 0 Å². The molecule has 0 radical (unpaired) electrons. The summed E-state index contributed by atoms with van der Waals surface area (Å²) < 4.78 is 0. The smallest absolute Gasteiger partial charge is 0.0292 e. The predicted octanol–water partition coefficient (Wildman–Crippen LogP) is 5.03. The van der Waals surface area contributed by atoms with Crippen molar-refractivity contribution in [2.45, 2.75) is 72.6 Å². The van der Waals surface area contributed by atoms with Gasteiger partial charge in [0.15, 0.2) is 0 Å². The molecule has 2 saturated carbocycles. The zero-order chi connectivity index (χ0) is 10.6. The maximum absolute atomic E-state index is 2.45. The Morgan fingerprint density at radius 2 is 1.21 bits per heavy atom. The van der Waals surface area contributed by atoms with Crippen LogP contribution in [0.2, 0.25) is 0 Å². The molecular formula is C14H28. The fourth-order valence-corrected chi connectivity index (χ4v) is 3.56. The van der Waals surface area contributed by atoms with Gasteiger partial charge in [-0.2, -0.15) is 0 Å². The monoisotopic (exact) mass is 196 g/mol. The van der Waals surface area contributed by atoms with E-state index in [0.717, 1.165) is 17.3 Å². The van der Waals surface area contributed by atoms with Crippen LogP contribution in [0.15, 0.2) is 0 Å². The van der Waals surface area contributed by atoms with Crippen LogP contribution in [0.4, 0.5) is 0 Å². The van der Waals surface area contributed by atoms with Gasteiger partial charge >= 0.3 is 0 Å². The van der Waals surface area contributed by atoms with Gasteiger partial charge in [-0.05, 0) is 42.9 Å². The lowest BCUT2D eigenvalue weighted by Gasteiger charge is -2.33. The third-order valence-electron chi connectivity index (χ3n) is 4.40. The summed E-state index contributed by atoms with van der Waals surface area (Å²) in [6, 6.07) is 0. The van der Waals surface area contributed by atoms with Crippen LogP contribution >= 0.6 is 0 Å². The van der Waals surface area contributed by atoms with Crippen molar-refractivity contribution in [3.63, 3.8) is 0 Å². The van der Waals surface area contributed by atoms with Gasteiger partial charge < -0.3 is 0 Å².